The number of aliphatic imine (C=N–C) groups is 1. The van der Waals surface area contributed by atoms with Gasteiger partial charge in [-0.15, -0.1) is 0 Å². The summed E-state index contributed by atoms with van der Waals surface area (Å²) in [6.45, 7) is 3.57. The van der Waals surface area contributed by atoms with Crippen molar-refractivity contribution in [3.8, 4) is 0 Å². The van der Waals surface area contributed by atoms with Crippen LogP contribution in [0, 0.1) is 11.3 Å². The van der Waals surface area contributed by atoms with Crippen molar-refractivity contribution < 1.29 is 22.7 Å². The number of alkyl halides is 3. The highest BCUT2D eigenvalue weighted by molar-refractivity contribution is 5.86. The minimum absolute atomic E-state index is 0.00160. The third-order valence-corrected chi connectivity index (χ3v) is 5.70. The number of nitrogens with zero attached hydrogens (tertiary/aromatic N) is 1. The molecule has 0 unspecified atom stereocenters. The lowest BCUT2D eigenvalue weighted by atomic mass is 9.51. The number of nitrogens with one attached hydrogen (secondary N) is 1. The van der Waals surface area contributed by atoms with Gasteiger partial charge < -0.3 is 10.1 Å². The molecule has 4 nitrogen and oxygen atoms in total. The summed E-state index contributed by atoms with van der Waals surface area (Å²) in [6, 6.07) is 0. The van der Waals surface area contributed by atoms with Crippen molar-refractivity contribution in [3.63, 3.8) is 0 Å². The zero-order chi connectivity index (χ0) is 21.5. The Hall–Kier alpha value is -2.05. The molecular formula is C22H31F3N2O2. The van der Waals surface area contributed by atoms with Crippen molar-refractivity contribution >= 4 is 11.8 Å². The lowest BCUT2D eigenvalue weighted by Crippen LogP contribution is -2.49. The molecule has 2 rings (SSSR count). The fourth-order valence-electron chi connectivity index (χ4n) is 3.97. The largest absolute Gasteiger partial charge is 0.483 e. The van der Waals surface area contributed by atoms with Gasteiger partial charge in [-0.1, -0.05) is 31.6 Å². The van der Waals surface area contributed by atoms with Crippen LogP contribution in [0.5, 0.6) is 0 Å². The molecule has 0 atom stereocenters. The molecule has 0 heterocycles. The van der Waals surface area contributed by atoms with Crippen molar-refractivity contribution in [1.29, 1.82) is 0 Å². The smallest absolute Gasteiger partial charge is 0.416 e. The maximum atomic E-state index is 13.1. The summed E-state index contributed by atoms with van der Waals surface area (Å²) in [7, 11) is 1.44. The average Bonchev–Trinajstić information content (AvgIpc) is 2.58. The summed E-state index contributed by atoms with van der Waals surface area (Å²) in [5, 5.41) is 2.84. The van der Waals surface area contributed by atoms with Crippen LogP contribution in [0.25, 0.3) is 0 Å². The van der Waals surface area contributed by atoms with Gasteiger partial charge in [-0.05, 0) is 56.1 Å². The molecular weight excluding hydrogens is 381 g/mol. The Kier molecular flexibility index (Phi) is 8.11. The summed E-state index contributed by atoms with van der Waals surface area (Å²) < 4.78 is 44.6. The molecule has 0 saturated heterocycles. The number of methoxy groups -OCH3 is 1. The minimum atomic E-state index is -4.41. The number of hydrogen-bond acceptors (Lipinski definition) is 3. The molecule has 0 bridgehead atoms. The number of allylic oxidation sites excluding steroid dienone is 4. The first-order chi connectivity index (χ1) is 13.7. The number of ether oxygens (including phenoxy) is 1. The lowest BCUT2D eigenvalue weighted by Gasteiger charge is -2.53. The molecule has 1 N–H and O–H groups in total. The van der Waals surface area contributed by atoms with Gasteiger partial charge in [-0.25, -0.2) is 4.99 Å². The van der Waals surface area contributed by atoms with Gasteiger partial charge in [0.15, 0.2) is 0 Å². The van der Waals surface area contributed by atoms with Crippen LogP contribution in [0.4, 0.5) is 13.2 Å². The predicted molar refractivity (Wildman–Crippen MR) is 109 cm³/mol. The normalized spacial score (nSPS) is 20.6. The highest BCUT2D eigenvalue weighted by Crippen LogP contribution is 2.58. The van der Waals surface area contributed by atoms with E-state index in [0.29, 0.717) is 16.9 Å². The molecule has 7 heteroatoms. The summed E-state index contributed by atoms with van der Waals surface area (Å²) in [5.41, 5.74) is 0.149. The fourth-order valence-corrected chi connectivity index (χ4v) is 3.97. The van der Waals surface area contributed by atoms with Crippen molar-refractivity contribution in [2.75, 3.05) is 20.2 Å². The fraction of sp³-hybridized carbons (Fsp3) is 0.636. The Bertz CT molecular complexity index is 693. The van der Waals surface area contributed by atoms with Gasteiger partial charge in [-0.3, -0.25) is 4.79 Å². The number of carbonyl (C=O) groups excluding carboxylic acids is 1. The van der Waals surface area contributed by atoms with E-state index < -0.39 is 11.7 Å². The molecule has 29 heavy (non-hydrogen) atoms. The highest BCUT2D eigenvalue weighted by Gasteiger charge is 2.50. The van der Waals surface area contributed by atoms with E-state index >= 15 is 0 Å². The second kappa shape index (κ2) is 10.1. The number of hydrogen-bond donors (Lipinski definition) is 1. The second-order valence-electron chi connectivity index (χ2n) is 7.88. The molecule has 0 aliphatic heterocycles. The first-order valence-corrected chi connectivity index (χ1v) is 10.2. The molecule has 0 aromatic heterocycles. The van der Waals surface area contributed by atoms with E-state index in [0.717, 1.165) is 25.0 Å². The number of amides is 1. The average molecular weight is 412 g/mol. The van der Waals surface area contributed by atoms with Gasteiger partial charge in [0.25, 0.3) is 0 Å². The summed E-state index contributed by atoms with van der Waals surface area (Å²) in [6.07, 6.45) is 7.03. The number of halogens is 3. The topological polar surface area (TPSA) is 50.7 Å². The Morgan fingerprint density at radius 3 is 2.48 bits per heavy atom. The summed E-state index contributed by atoms with van der Waals surface area (Å²) in [4.78, 5) is 16.5. The van der Waals surface area contributed by atoms with Gasteiger partial charge in [-0.2, -0.15) is 13.2 Å². The van der Waals surface area contributed by atoms with Gasteiger partial charge in [0, 0.05) is 5.92 Å². The summed E-state index contributed by atoms with van der Waals surface area (Å²) >= 11 is 0. The van der Waals surface area contributed by atoms with Crippen LogP contribution in [0.1, 0.15) is 52.4 Å². The zero-order valence-electron chi connectivity index (χ0n) is 17.4. The monoisotopic (exact) mass is 412 g/mol. The Balaban J connectivity index is 1.94. The van der Waals surface area contributed by atoms with Gasteiger partial charge in [0.05, 0.1) is 25.8 Å². The Morgan fingerprint density at radius 2 is 2.00 bits per heavy atom. The molecule has 2 aliphatic rings. The number of rotatable bonds is 8. The van der Waals surface area contributed by atoms with Crippen LogP contribution in [-0.2, 0) is 9.53 Å². The van der Waals surface area contributed by atoms with E-state index in [1.165, 1.54) is 26.4 Å². The van der Waals surface area contributed by atoms with Gasteiger partial charge >= 0.3 is 6.18 Å². The van der Waals surface area contributed by atoms with Crippen molar-refractivity contribution in [2.24, 2.45) is 16.3 Å². The minimum Gasteiger partial charge on any atom is -0.483 e. The maximum absolute atomic E-state index is 13.1. The third-order valence-electron chi connectivity index (χ3n) is 5.70. The van der Waals surface area contributed by atoms with Crippen LogP contribution < -0.4 is 5.32 Å². The Labute approximate surface area is 171 Å². The van der Waals surface area contributed by atoms with Gasteiger partial charge in [0.1, 0.15) is 0 Å². The molecule has 2 fully saturated rings. The molecule has 2 saturated carbocycles. The van der Waals surface area contributed by atoms with Gasteiger partial charge in [0.2, 0.25) is 11.8 Å². The van der Waals surface area contributed by atoms with E-state index in [2.05, 4.69) is 10.3 Å². The van der Waals surface area contributed by atoms with Crippen LogP contribution in [-0.4, -0.2) is 38.2 Å². The molecule has 0 aromatic carbocycles. The van der Waals surface area contributed by atoms with Crippen LogP contribution in [0.15, 0.2) is 40.4 Å². The molecule has 0 aromatic rings. The van der Waals surface area contributed by atoms with E-state index in [1.54, 1.807) is 26.0 Å². The third kappa shape index (κ3) is 6.47. The van der Waals surface area contributed by atoms with E-state index in [-0.39, 0.29) is 31.3 Å². The molecule has 1 amide bonds. The molecule has 2 aliphatic carbocycles. The van der Waals surface area contributed by atoms with Crippen molar-refractivity contribution in [2.45, 2.75) is 58.5 Å². The van der Waals surface area contributed by atoms with E-state index in [9.17, 15) is 18.0 Å². The van der Waals surface area contributed by atoms with E-state index in [1.807, 2.05) is 0 Å². The Morgan fingerprint density at radius 1 is 1.31 bits per heavy atom. The summed E-state index contributed by atoms with van der Waals surface area (Å²) in [5.74, 6) is 0.349. The van der Waals surface area contributed by atoms with Crippen LogP contribution in [0.2, 0.25) is 0 Å². The molecule has 162 valence electrons. The first kappa shape index (κ1) is 23.2. The molecule has 1 spiro atoms. The quantitative estimate of drug-likeness (QED) is 0.341. The maximum Gasteiger partial charge on any atom is 0.416 e. The first-order valence-electron chi connectivity index (χ1n) is 10.2. The lowest BCUT2D eigenvalue weighted by molar-refractivity contribution is -0.136. The van der Waals surface area contributed by atoms with Crippen molar-refractivity contribution in [3.05, 3.63) is 35.5 Å². The SMILES string of the molecule is C\C=C/C(=C\C(=C\CC)C(F)(F)F)CN=C(CNC(=O)C1CC2(CCC2)C1)OC. The predicted octanol–water partition coefficient (Wildman–Crippen LogP) is 5.13. The highest BCUT2D eigenvalue weighted by atomic mass is 19.4. The zero-order valence-corrected chi connectivity index (χ0v) is 17.4. The van der Waals surface area contributed by atoms with E-state index in [4.69, 9.17) is 4.74 Å². The van der Waals surface area contributed by atoms with Crippen LogP contribution >= 0.6 is 0 Å². The van der Waals surface area contributed by atoms with Crippen molar-refractivity contribution in [1.82, 2.24) is 5.32 Å². The van der Waals surface area contributed by atoms with Crippen LogP contribution in [0.3, 0.4) is 0 Å². The molecule has 0 radical (unpaired) electrons. The standard InChI is InChI=1S/C22H31F3N2O2/c1-4-7-16(11-18(8-5-2)22(23,24)25)14-26-19(29-3)15-27-20(28)17-12-21(13-17)9-6-10-21/h4,7-8,11,17H,5-6,9-10,12-15H2,1-3H3,(H,27,28)/b7-4-,16-11+,18-8-,26-19?. The number of carbonyl (C=O) groups is 1. The second-order valence-corrected chi connectivity index (χ2v) is 7.88.